The van der Waals surface area contributed by atoms with Gasteiger partial charge in [-0.2, -0.15) is 13.2 Å². The van der Waals surface area contributed by atoms with Crippen LogP contribution >= 0.6 is 0 Å². The van der Waals surface area contributed by atoms with Gasteiger partial charge in [-0.15, -0.1) is 0 Å². The average Bonchev–Trinajstić information content (AvgIpc) is 2.87. The second-order valence-corrected chi connectivity index (χ2v) is 9.29. The number of benzene rings is 4. The van der Waals surface area contributed by atoms with Crippen molar-refractivity contribution in [1.29, 1.82) is 0 Å². The second kappa shape index (κ2) is 10.2. The number of hydrogen-bond donors (Lipinski definition) is 2. The molecule has 6 heteroatoms. The van der Waals surface area contributed by atoms with E-state index in [1.54, 1.807) is 12.1 Å². The molecule has 0 bridgehead atoms. The molecular weight excluding hydrogens is 475 g/mol. The van der Waals surface area contributed by atoms with Crippen molar-refractivity contribution in [3.05, 3.63) is 102 Å². The molecule has 4 aromatic rings. The number of rotatable bonds is 4. The maximum absolute atomic E-state index is 13.0. The van der Waals surface area contributed by atoms with Crippen LogP contribution in [-0.4, -0.2) is 24.2 Å². The molecule has 3 nitrogen and oxygen atoms in total. The number of fused-ring (bicyclic) bond motifs is 1. The van der Waals surface area contributed by atoms with Gasteiger partial charge in [0.1, 0.15) is 0 Å². The lowest BCUT2D eigenvalue weighted by Crippen LogP contribution is -2.17. The maximum atomic E-state index is 13.0. The normalized spacial score (nSPS) is 16.0. The van der Waals surface area contributed by atoms with Crippen LogP contribution < -0.4 is 5.32 Å². The zero-order valence-electron chi connectivity index (χ0n) is 20.1. The molecule has 0 aliphatic carbocycles. The van der Waals surface area contributed by atoms with Crippen LogP contribution in [0.5, 0.6) is 0 Å². The molecule has 1 aliphatic rings. The Balaban J connectivity index is 1.54. The van der Waals surface area contributed by atoms with Crippen molar-refractivity contribution in [3.63, 3.8) is 0 Å². The number of aromatic carboxylic acids is 1. The van der Waals surface area contributed by atoms with Crippen molar-refractivity contribution < 1.29 is 23.1 Å². The van der Waals surface area contributed by atoms with Gasteiger partial charge in [-0.3, -0.25) is 0 Å². The lowest BCUT2D eigenvalue weighted by atomic mass is 9.91. The number of nitrogens with one attached hydrogen (secondary N) is 1. The number of carbonyl (C=O) groups is 1. The summed E-state index contributed by atoms with van der Waals surface area (Å²) >= 11 is 0. The first-order chi connectivity index (χ1) is 17.8. The predicted octanol–water partition coefficient (Wildman–Crippen LogP) is 8.05. The van der Waals surface area contributed by atoms with Gasteiger partial charge in [0.25, 0.3) is 0 Å². The summed E-state index contributed by atoms with van der Waals surface area (Å²) in [6, 6.07) is 22.1. The molecule has 0 saturated carbocycles. The Morgan fingerprint density at radius 2 is 1.46 bits per heavy atom. The molecular formula is C31H26F3NO2. The molecule has 188 valence electrons. The van der Waals surface area contributed by atoms with E-state index >= 15 is 0 Å². The molecule has 0 radical (unpaired) electrons. The SMILES string of the molecule is O=C(O)c1cc(-c2ccc(/C3=C/CCNCCC3)cc2)c2ccc(-c3ccc(C(F)(F)F)cc3)cc2c1. The fraction of sp³-hybridized carbons (Fsp3) is 0.194. The predicted molar refractivity (Wildman–Crippen MR) is 141 cm³/mol. The summed E-state index contributed by atoms with van der Waals surface area (Å²) in [5.74, 6) is -1.03. The van der Waals surface area contributed by atoms with E-state index in [2.05, 4.69) is 23.5 Å². The summed E-state index contributed by atoms with van der Waals surface area (Å²) in [4.78, 5) is 11.9. The summed E-state index contributed by atoms with van der Waals surface area (Å²) in [6.45, 7) is 1.99. The van der Waals surface area contributed by atoms with Crippen LogP contribution in [0.3, 0.4) is 0 Å². The van der Waals surface area contributed by atoms with E-state index in [0.29, 0.717) is 10.9 Å². The van der Waals surface area contributed by atoms with Crippen LogP contribution in [0.25, 0.3) is 38.6 Å². The summed E-state index contributed by atoms with van der Waals surface area (Å²) in [5.41, 5.74) is 5.02. The van der Waals surface area contributed by atoms with Gasteiger partial charge in [-0.05, 0) is 107 Å². The van der Waals surface area contributed by atoms with Crippen LogP contribution in [0.4, 0.5) is 13.2 Å². The van der Waals surface area contributed by atoms with Crippen molar-refractivity contribution >= 4 is 22.3 Å². The van der Waals surface area contributed by atoms with Gasteiger partial charge in [0.2, 0.25) is 0 Å². The van der Waals surface area contributed by atoms with Crippen LogP contribution in [0.15, 0.2) is 84.9 Å². The quantitative estimate of drug-likeness (QED) is 0.297. The van der Waals surface area contributed by atoms with Crippen molar-refractivity contribution in [2.24, 2.45) is 0 Å². The minimum absolute atomic E-state index is 0.159. The van der Waals surface area contributed by atoms with Gasteiger partial charge >= 0.3 is 12.1 Å². The Hall–Kier alpha value is -3.90. The lowest BCUT2D eigenvalue weighted by molar-refractivity contribution is -0.137. The van der Waals surface area contributed by atoms with Crippen LogP contribution in [0.1, 0.15) is 40.7 Å². The Kier molecular flexibility index (Phi) is 6.85. The third-order valence-corrected chi connectivity index (χ3v) is 6.82. The van der Waals surface area contributed by atoms with Crippen LogP contribution in [0, 0.1) is 0 Å². The molecule has 1 aliphatic heterocycles. The highest BCUT2D eigenvalue weighted by atomic mass is 19.4. The monoisotopic (exact) mass is 501 g/mol. The minimum atomic E-state index is -4.40. The van der Waals surface area contributed by atoms with E-state index < -0.39 is 17.7 Å². The number of hydrogen-bond acceptors (Lipinski definition) is 2. The van der Waals surface area contributed by atoms with E-state index in [1.807, 2.05) is 30.3 Å². The number of carboxylic acid groups (broad SMARTS) is 1. The first-order valence-electron chi connectivity index (χ1n) is 12.3. The minimum Gasteiger partial charge on any atom is -0.478 e. The summed E-state index contributed by atoms with van der Waals surface area (Å²) in [5, 5.41) is 14.8. The van der Waals surface area contributed by atoms with Crippen molar-refractivity contribution in [3.8, 4) is 22.3 Å². The molecule has 4 aromatic carbocycles. The van der Waals surface area contributed by atoms with Crippen LogP contribution in [0.2, 0.25) is 0 Å². The first-order valence-corrected chi connectivity index (χ1v) is 12.3. The third kappa shape index (κ3) is 5.44. The highest BCUT2D eigenvalue weighted by Gasteiger charge is 2.30. The lowest BCUT2D eigenvalue weighted by Gasteiger charge is -2.14. The Morgan fingerprint density at radius 1 is 0.784 bits per heavy atom. The highest BCUT2D eigenvalue weighted by molar-refractivity contribution is 6.04. The maximum Gasteiger partial charge on any atom is 0.416 e. The van der Waals surface area contributed by atoms with Gasteiger partial charge < -0.3 is 10.4 Å². The largest absolute Gasteiger partial charge is 0.478 e. The van der Waals surface area contributed by atoms with Gasteiger partial charge in [0.05, 0.1) is 11.1 Å². The topological polar surface area (TPSA) is 49.3 Å². The standard InChI is InChI=1S/C31H26F3NO2/c32-31(33,34)27-12-9-22(10-13-27)24-11-14-28-25(17-24)18-26(30(36)37)19-29(28)23-7-5-21(6-8-23)20-3-1-15-35-16-2-4-20/h3,5-14,17-19,35H,1-2,4,15-16H2,(H,36,37)/b20-3+. The van der Waals surface area contributed by atoms with Gasteiger partial charge in [-0.1, -0.05) is 54.6 Å². The fourth-order valence-corrected chi connectivity index (χ4v) is 4.87. The molecule has 0 unspecified atom stereocenters. The highest BCUT2D eigenvalue weighted by Crippen LogP contribution is 2.35. The van der Waals surface area contributed by atoms with Crippen molar-refractivity contribution in [2.75, 3.05) is 13.1 Å². The summed E-state index contributed by atoms with van der Waals surface area (Å²) < 4.78 is 38.9. The van der Waals surface area contributed by atoms with Gasteiger partial charge in [0.15, 0.2) is 0 Å². The second-order valence-electron chi connectivity index (χ2n) is 9.29. The Labute approximate surface area is 213 Å². The number of halogens is 3. The molecule has 0 aromatic heterocycles. The third-order valence-electron chi connectivity index (χ3n) is 6.82. The van der Waals surface area contributed by atoms with E-state index in [9.17, 15) is 23.1 Å². The molecule has 37 heavy (non-hydrogen) atoms. The smallest absolute Gasteiger partial charge is 0.416 e. The zero-order chi connectivity index (χ0) is 26.0. The molecule has 0 atom stereocenters. The zero-order valence-corrected chi connectivity index (χ0v) is 20.1. The first kappa shape index (κ1) is 24.8. The molecule has 0 spiro atoms. The fourth-order valence-electron chi connectivity index (χ4n) is 4.87. The summed E-state index contributed by atoms with van der Waals surface area (Å²) in [6.07, 6.45) is 0.969. The number of allylic oxidation sites excluding steroid dienone is 1. The number of alkyl halides is 3. The summed E-state index contributed by atoms with van der Waals surface area (Å²) in [7, 11) is 0. The molecule has 0 amide bonds. The molecule has 0 saturated heterocycles. The molecule has 1 heterocycles. The molecule has 5 rings (SSSR count). The van der Waals surface area contributed by atoms with Crippen LogP contribution in [-0.2, 0) is 6.18 Å². The number of carboxylic acids is 1. The van der Waals surface area contributed by atoms with Gasteiger partial charge in [-0.25, -0.2) is 4.79 Å². The average molecular weight is 502 g/mol. The van der Waals surface area contributed by atoms with Crippen molar-refractivity contribution in [2.45, 2.75) is 25.4 Å². The van der Waals surface area contributed by atoms with E-state index in [0.717, 1.165) is 66.6 Å². The van der Waals surface area contributed by atoms with Crippen molar-refractivity contribution in [1.82, 2.24) is 5.32 Å². The molecule has 2 N–H and O–H groups in total. The van der Waals surface area contributed by atoms with Gasteiger partial charge in [0, 0.05) is 0 Å². The van der Waals surface area contributed by atoms with E-state index in [1.165, 1.54) is 23.3 Å². The Morgan fingerprint density at radius 3 is 2.16 bits per heavy atom. The van der Waals surface area contributed by atoms with E-state index in [-0.39, 0.29) is 5.56 Å². The van der Waals surface area contributed by atoms with E-state index in [4.69, 9.17) is 0 Å². The Bertz CT molecular complexity index is 1470. The molecule has 0 fully saturated rings.